The van der Waals surface area contributed by atoms with Crippen LogP contribution in [0.25, 0.3) is 0 Å². The molecule has 0 aliphatic heterocycles. The second-order valence-corrected chi connectivity index (χ2v) is 9.58. The normalized spacial score (nSPS) is 12.5. The van der Waals surface area contributed by atoms with Crippen molar-refractivity contribution in [3.8, 4) is 0 Å². The summed E-state index contributed by atoms with van der Waals surface area (Å²) in [6.07, 6.45) is 6.21. The van der Waals surface area contributed by atoms with Crippen LogP contribution in [0.3, 0.4) is 0 Å². The maximum atomic E-state index is 4.51. The number of hydrogen-bond donors (Lipinski definition) is 6. The van der Waals surface area contributed by atoms with Crippen LogP contribution in [0.1, 0.15) is 49.7 Å². The van der Waals surface area contributed by atoms with Crippen LogP contribution in [0.5, 0.6) is 0 Å². The van der Waals surface area contributed by atoms with Crippen LogP contribution < -0.4 is 0 Å². The summed E-state index contributed by atoms with van der Waals surface area (Å²) in [7, 11) is 0. The van der Waals surface area contributed by atoms with Gasteiger partial charge in [-0.1, -0.05) is 18.2 Å². The molecule has 0 heterocycles. The highest BCUT2D eigenvalue weighted by molar-refractivity contribution is 7.81. The van der Waals surface area contributed by atoms with Crippen molar-refractivity contribution in [2.45, 2.75) is 49.4 Å². The largest absolute Gasteiger partial charge is 0.179 e. The zero-order valence-corrected chi connectivity index (χ0v) is 20.8. The number of rotatable bonds is 14. The Hall–Kier alpha value is 1.32. The molecule has 6 heteroatoms. The lowest BCUT2D eigenvalue weighted by Crippen LogP contribution is -2.30. The molecule has 149 valence electrons. The lowest BCUT2D eigenvalue weighted by Gasteiger charge is -2.36. The maximum absolute atomic E-state index is 4.51. The fourth-order valence-corrected chi connectivity index (χ4v) is 6.52. The van der Waals surface area contributed by atoms with Crippen molar-refractivity contribution in [1.29, 1.82) is 0 Å². The van der Waals surface area contributed by atoms with Gasteiger partial charge in [-0.25, -0.2) is 0 Å². The lowest BCUT2D eigenvalue weighted by atomic mass is 9.70. The zero-order chi connectivity index (χ0) is 19.5. The summed E-state index contributed by atoms with van der Waals surface area (Å²) in [5.41, 5.74) is 2.78. The third kappa shape index (κ3) is 6.69. The minimum atomic E-state index is 0.0725. The Labute approximate surface area is 193 Å². The van der Waals surface area contributed by atoms with Crippen molar-refractivity contribution >= 4 is 75.8 Å². The van der Waals surface area contributed by atoms with Crippen LogP contribution in [0.15, 0.2) is 18.2 Å². The smallest absolute Gasteiger partial charge is 0.00176 e. The molecule has 0 fully saturated rings. The van der Waals surface area contributed by atoms with Gasteiger partial charge in [0.25, 0.3) is 0 Å². The van der Waals surface area contributed by atoms with Crippen LogP contribution in [0.4, 0.5) is 0 Å². The molecule has 0 atom stereocenters. The molecular weight excluding hydrogens is 433 g/mol. The first kappa shape index (κ1) is 25.4. The molecule has 0 aliphatic rings. The molecule has 1 radical (unpaired) electrons. The molecule has 0 N–H and O–H groups in total. The molecule has 1 aromatic rings. The van der Waals surface area contributed by atoms with E-state index in [1.807, 2.05) is 0 Å². The summed E-state index contributed by atoms with van der Waals surface area (Å²) >= 11 is 27.1. The highest BCUT2D eigenvalue weighted by atomic mass is 32.1. The van der Waals surface area contributed by atoms with Gasteiger partial charge in [0, 0.05) is 0 Å². The molecule has 26 heavy (non-hydrogen) atoms. The number of thiol groups is 6. The lowest BCUT2D eigenvalue weighted by molar-refractivity contribution is 0.384. The van der Waals surface area contributed by atoms with E-state index in [-0.39, 0.29) is 10.8 Å². The van der Waals surface area contributed by atoms with Gasteiger partial charge in [-0.05, 0) is 101 Å². The SMILES string of the molecule is SCCC(CCS)(CCS)c1[c]cc(C(CCS)(CCS)CCS)cc1. The first-order valence-electron chi connectivity index (χ1n) is 9.26. The molecule has 0 saturated carbocycles. The van der Waals surface area contributed by atoms with Gasteiger partial charge in [0.1, 0.15) is 0 Å². The Bertz CT molecular complexity index is 409. The molecule has 1 rings (SSSR count). The van der Waals surface area contributed by atoms with Crippen LogP contribution in [0, 0.1) is 6.07 Å². The Balaban J connectivity index is 3.27. The fourth-order valence-electron chi connectivity index (χ4n) is 3.96. The van der Waals surface area contributed by atoms with E-state index < -0.39 is 0 Å². The second kappa shape index (κ2) is 13.5. The monoisotopic (exact) mass is 465 g/mol. The standard InChI is InChI=1S/C20H33S6/c21-11-5-19(6-12-22,7-13-23)17-1-2-18(4-3-17)20(8-14-24,9-15-25)10-16-26/h1-3,21-26H,5-16H2. The maximum Gasteiger partial charge on any atom is -0.00176 e. The van der Waals surface area contributed by atoms with Gasteiger partial charge in [-0.15, -0.1) is 0 Å². The Morgan fingerprint density at radius 2 is 0.962 bits per heavy atom. The Morgan fingerprint density at radius 1 is 0.577 bits per heavy atom. The summed E-state index contributed by atoms with van der Waals surface area (Å²) in [5.74, 6) is 5.19. The summed E-state index contributed by atoms with van der Waals surface area (Å²) in [4.78, 5) is 0. The van der Waals surface area contributed by atoms with Gasteiger partial charge < -0.3 is 0 Å². The van der Waals surface area contributed by atoms with Gasteiger partial charge in [0.05, 0.1) is 0 Å². The average molecular weight is 466 g/mol. The first-order chi connectivity index (χ1) is 12.6. The number of benzene rings is 1. The van der Waals surface area contributed by atoms with Crippen LogP contribution in [-0.2, 0) is 10.8 Å². The summed E-state index contributed by atoms with van der Waals surface area (Å²) < 4.78 is 0. The molecule has 0 nitrogen and oxygen atoms in total. The van der Waals surface area contributed by atoms with Gasteiger partial charge in [0.15, 0.2) is 0 Å². The summed E-state index contributed by atoms with van der Waals surface area (Å²) in [6, 6.07) is 10.4. The Morgan fingerprint density at radius 3 is 1.27 bits per heavy atom. The van der Waals surface area contributed by atoms with Crippen molar-refractivity contribution in [1.82, 2.24) is 0 Å². The first-order valence-corrected chi connectivity index (χ1v) is 13.1. The Kier molecular flexibility index (Phi) is 13.2. The average Bonchev–Trinajstić information content (AvgIpc) is 2.63. The molecular formula is C20H33S6. The van der Waals surface area contributed by atoms with E-state index in [9.17, 15) is 0 Å². The highest BCUT2D eigenvalue weighted by Gasteiger charge is 2.33. The number of hydrogen-bond acceptors (Lipinski definition) is 6. The summed E-state index contributed by atoms with van der Waals surface area (Å²) in [6.45, 7) is 0. The third-order valence-electron chi connectivity index (χ3n) is 5.54. The zero-order valence-electron chi connectivity index (χ0n) is 15.4. The van der Waals surface area contributed by atoms with Gasteiger partial charge >= 0.3 is 0 Å². The van der Waals surface area contributed by atoms with Crippen molar-refractivity contribution < 1.29 is 0 Å². The van der Waals surface area contributed by atoms with Gasteiger partial charge in [-0.3, -0.25) is 0 Å². The molecule has 0 aliphatic carbocycles. The topological polar surface area (TPSA) is 0 Å². The van der Waals surface area contributed by atoms with Crippen LogP contribution in [-0.4, -0.2) is 34.5 Å². The molecule has 0 aromatic heterocycles. The second-order valence-electron chi connectivity index (χ2n) is 6.89. The molecule has 0 spiro atoms. The molecule has 0 bridgehead atoms. The summed E-state index contributed by atoms with van der Waals surface area (Å²) in [5, 5.41) is 0. The fraction of sp³-hybridized carbons (Fsp3) is 0.700. The van der Waals surface area contributed by atoms with Crippen LogP contribution in [0.2, 0.25) is 0 Å². The molecule has 0 saturated heterocycles. The predicted molar refractivity (Wildman–Crippen MR) is 139 cm³/mol. The van der Waals surface area contributed by atoms with Gasteiger partial charge in [0.2, 0.25) is 0 Å². The quantitative estimate of drug-likeness (QED) is 0.182. The van der Waals surface area contributed by atoms with E-state index in [1.54, 1.807) is 0 Å². The van der Waals surface area contributed by atoms with Crippen molar-refractivity contribution in [2.75, 3.05) is 34.5 Å². The van der Waals surface area contributed by atoms with Crippen molar-refractivity contribution in [2.24, 2.45) is 0 Å². The van der Waals surface area contributed by atoms with E-state index >= 15 is 0 Å². The van der Waals surface area contributed by atoms with Crippen molar-refractivity contribution in [3.05, 3.63) is 35.4 Å². The predicted octanol–water partition coefficient (Wildman–Crippen LogP) is 5.88. The van der Waals surface area contributed by atoms with E-state index in [1.165, 1.54) is 11.1 Å². The molecule has 0 unspecified atom stereocenters. The third-order valence-corrected chi connectivity index (χ3v) is 6.88. The minimum absolute atomic E-state index is 0.0725. The van der Waals surface area contributed by atoms with E-state index in [0.29, 0.717) is 0 Å². The van der Waals surface area contributed by atoms with E-state index in [2.05, 4.69) is 100 Å². The molecule has 1 aromatic carbocycles. The van der Waals surface area contributed by atoms with E-state index in [4.69, 9.17) is 0 Å². The highest BCUT2D eigenvalue weighted by Crippen LogP contribution is 2.40. The molecule has 0 amide bonds. The van der Waals surface area contributed by atoms with Crippen LogP contribution >= 0.6 is 75.8 Å². The van der Waals surface area contributed by atoms with Crippen molar-refractivity contribution in [3.63, 3.8) is 0 Å². The van der Waals surface area contributed by atoms with E-state index in [0.717, 1.165) is 73.0 Å². The van der Waals surface area contributed by atoms with Gasteiger partial charge in [-0.2, -0.15) is 75.8 Å². The minimum Gasteiger partial charge on any atom is -0.179 e.